The first kappa shape index (κ1) is 3.31. The van der Waals surface area contributed by atoms with Crippen LogP contribution in [0.5, 0.6) is 0 Å². The van der Waals surface area contributed by atoms with Gasteiger partial charge in [-0.2, -0.15) is 0 Å². The molecular weight excluding hydrogens is 82.9 g/mol. The standard InChI is InChI=1S/C6H6B/c7-6-4-2-1-3-5-6/h1-5,7H/i7D. The summed E-state index contributed by atoms with van der Waals surface area (Å²) in [6.45, 7) is 0. The molecule has 1 heteroatoms. The van der Waals surface area contributed by atoms with Gasteiger partial charge in [0.15, 0.2) is 0 Å². The first-order valence-electron chi connectivity index (χ1n) is 2.78. The van der Waals surface area contributed by atoms with Crippen molar-refractivity contribution >= 4 is 13.3 Å². The summed E-state index contributed by atoms with van der Waals surface area (Å²) in [5, 5.41) is 0. The normalized spacial score (nSPS) is 10.0. The third kappa shape index (κ3) is 1.07. The monoisotopic (exact) mass is 90.1 g/mol. The zero-order valence-corrected chi connectivity index (χ0v) is 3.96. The van der Waals surface area contributed by atoms with Crippen LogP contribution in [0.25, 0.3) is 0 Å². The van der Waals surface area contributed by atoms with Crippen LogP contribution in [0, 0.1) is 0 Å². The predicted molar refractivity (Wildman–Crippen MR) is 33.2 cm³/mol. The first-order valence-corrected chi connectivity index (χ1v) is 2.20. The fourth-order valence-electron chi connectivity index (χ4n) is 0.453. The Bertz CT molecular complexity index is 150. The molecule has 1 rings (SSSR count). The first-order chi connectivity index (χ1) is 3.93. The zero-order chi connectivity index (χ0) is 5.82. The lowest BCUT2D eigenvalue weighted by Crippen LogP contribution is -1.97. The molecule has 0 unspecified atom stereocenters. The average Bonchev–Trinajstić information content (AvgIpc) is 1.90. The molecule has 0 aliphatic rings. The Morgan fingerprint density at radius 1 is 1.29 bits per heavy atom. The molecule has 0 aromatic heterocycles. The van der Waals surface area contributed by atoms with Crippen molar-refractivity contribution in [1.29, 1.82) is 1.34 Å². The smallest absolute Gasteiger partial charge is 0.0926 e. The SMILES string of the molecule is [2H][B]c1ccccc1. The molecule has 0 bridgehead atoms. The van der Waals surface area contributed by atoms with Crippen LogP contribution in [0.15, 0.2) is 30.3 Å². The number of hydrogen-bond acceptors (Lipinski definition) is 0. The van der Waals surface area contributed by atoms with Gasteiger partial charge in [0.1, 0.15) is 7.81 Å². The number of rotatable bonds is 1. The molecule has 1 aromatic rings. The van der Waals surface area contributed by atoms with Crippen LogP contribution >= 0.6 is 0 Å². The van der Waals surface area contributed by atoms with Crippen molar-refractivity contribution in [2.75, 3.05) is 0 Å². The molecule has 0 fully saturated rings. The van der Waals surface area contributed by atoms with Gasteiger partial charge in [0, 0.05) is 0 Å². The van der Waals surface area contributed by atoms with Crippen molar-refractivity contribution in [2.24, 2.45) is 0 Å². The van der Waals surface area contributed by atoms with E-state index in [1.807, 2.05) is 30.3 Å². The largest absolute Gasteiger partial charge is 0.129 e. The van der Waals surface area contributed by atoms with Gasteiger partial charge >= 0.3 is 0 Å². The van der Waals surface area contributed by atoms with Crippen molar-refractivity contribution < 1.29 is 0 Å². The summed E-state index contributed by atoms with van der Waals surface area (Å²) < 4.78 is 6.82. The van der Waals surface area contributed by atoms with E-state index < -0.39 is 0 Å². The van der Waals surface area contributed by atoms with E-state index >= 15 is 0 Å². The van der Waals surface area contributed by atoms with Crippen molar-refractivity contribution in [2.45, 2.75) is 0 Å². The van der Waals surface area contributed by atoms with Gasteiger partial charge in [0.05, 0.1) is 0 Å². The maximum Gasteiger partial charge on any atom is 0.129 e. The molecule has 33 valence electrons. The van der Waals surface area contributed by atoms with E-state index in [0.29, 0.717) is 0 Å². The molecule has 0 aliphatic heterocycles. The van der Waals surface area contributed by atoms with Crippen LogP contribution < -0.4 is 5.46 Å². The second-order valence-electron chi connectivity index (χ2n) is 1.41. The molecule has 0 saturated carbocycles. The van der Waals surface area contributed by atoms with Crippen molar-refractivity contribution in [3.8, 4) is 0 Å². The Hall–Kier alpha value is -0.715. The van der Waals surface area contributed by atoms with E-state index in [2.05, 4.69) is 0 Å². The molecule has 0 N–H and O–H groups in total. The lowest BCUT2D eigenvalue weighted by molar-refractivity contribution is 1.78. The molecule has 0 spiro atoms. The van der Waals surface area contributed by atoms with Crippen LogP contribution in [0.2, 0.25) is 0 Å². The van der Waals surface area contributed by atoms with Gasteiger partial charge in [0.2, 0.25) is 0 Å². The Morgan fingerprint density at radius 3 is 2.43 bits per heavy atom. The molecule has 1 radical (unpaired) electrons. The van der Waals surface area contributed by atoms with Crippen molar-refractivity contribution in [3.05, 3.63) is 30.3 Å². The van der Waals surface area contributed by atoms with Crippen molar-refractivity contribution in [1.82, 2.24) is 0 Å². The fraction of sp³-hybridized carbons (Fsp3) is 0. The second kappa shape index (κ2) is 1.83. The highest BCUT2D eigenvalue weighted by Gasteiger charge is 1.72. The van der Waals surface area contributed by atoms with Gasteiger partial charge in [-0.15, -0.1) is 0 Å². The van der Waals surface area contributed by atoms with E-state index in [1.54, 1.807) is 0 Å². The maximum absolute atomic E-state index is 6.82. The van der Waals surface area contributed by atoms with E-state index in [1.165, 1.54) is 7.81 Å². The molecule has 0 aliphatic carbocycles. The molecule has 0 saturated heterocycles. The van der Waals surface area contributed by atoms with E-state index in [0.717, 1.165) is 5.46 Å². The highest BCUT2D eigenvalue weighted by Crippen LogP contribution is 1.76. The van der Waals surface area contributed by atoms with Gasteiger partial charge in [-0.05, 0) is 1.34 Å². The van der Waals surface area contributed by atoms with Crippen LogP contribution in [0.3, 0.4) is 0 Å². The second-order valence-corrected chi connectivity index (χ2v) is 1.41. The van der Waals surface area contributed by atoms with Gasteiger partial charge in [0.25, 0.3) is 0 Å². The summed E-state index contributed by atoms with van der Waals surface area (Å²) in [7, 11) is 1.33. The van der Waals surface area contributed by atoms with Crippen LogP contribution in [0.1, 0.15) is 0 Å². The highest BCUT2D eigenvalue weighted by atomic mass is 13.7. The minimum absolute atomic E-state index is 0.951. The third-order valence-electron chi connectivity index (χ3n) is 0.800. The predicted octanol–water partition coefficient (Wildman–Crippen LogP) is 0.213. The van der Waals surface area contributed by atoms with Gasteiger partial charge in [-0.1, -0.05) is 35.8 Å². The topological polar surface area (TPSA) is 0 Å². The molecular formula is C6H6B. The van der Waals surface area contributed by atoms with E-state index in [4.69, 9.17) is 1.34 Å². The average molecular weight is 89.9 g/mol. The summed E-state index contributed by atoms with van der Waals surface area (Å²) in [6, 6.07) is 9.56. The molecule has 0 heterocycles. The lowest BCUT2D eigenvalue weighted by atomic mass is 9.97. The quantitative estimate of drug-likeness (QED) is 0.432. The van der Waals surface area contributed by atoms with Crippen LogP contribution in [0.4, 0.5) is 0 Å². The van der Waals surface area contributed by atoms with Gasteiger partial charge in [-0.25, -0.2) is 0 Å². The third-order valence-corrected chi connectivity index (χ3v) is 0.800. The van der Waals surface area contributed by atoms with Gasteiger partial charge < -0.3 is 0 Å². The molecule has 1 aromatic carbocycles. The molecule has 0 amide bonds. The molecule has 0 atom stereocenters. The Morgan fingerprint density at radius 2 is 2.00 bits per heavy atom. The number of hydrogen-bond donors (Lipinski definition) is 0. The lowest BCUT2D eigenvalue weighted by Gasteiger charge is -1.82. The summed E-state index contributed by atoms with van der Waals surface area (Å²) >= 11 is 0. The highest BCUT2D eigenvalue weighted by molar-refractivity contribution is 6.32. The minimum atomic E-state index is 0.951. The number of benzene rings is 1. The van der Waals surface area contributed by atoms with Crippen molar-refractivity contribution in [3.63, 3.8) is 0 Å². The van der Waals surface area contributed by atoms with E-state index in [9.17, 15) is 0 Å². The fourth-order valence-corrected chi connectivity index (χ4v) is 0.453. The van der Waals surface area contributed by atoms with Crippen LogP contribution in [-0.4, -0.2) is 9.15 Å². The Labute approximate surface area is 45.9 Å². The minimum Gasteiger partial charge on any atom is -0.0926 e. The van der Waals surface area contributed by atoms with Crippen LogP contribution in [-0.2, 0) is 0 Å². The van der Waals surface area contributed by atoms with Gasteiger partial charge in [-0.3, -0.25) is 0 Å². The summed E-state index contributed by atoms with van der Waals surface area (Å²) in [6.07, 6.45) is 0. The Kier molecular flexibility index (Phi) is 0.864. The molecule has 7 heavy (non-hydrogen) atoms. The summed E-state index contributed by atoms with van der Waals surface area (Å²) in [4.78, 5) is 0. The summed E-state index contributed by atoms with van der Waals surface area (Å²) in [5.74, 6) is 0. The maximum atomic E-state index is 6.82. The molecule has 0 nitrogen and oxygen atoms in total. The van der Waals surface area contributed by atoms with E-state index in [-0.39, 0.29) is 0 Å². The Balaban J connectivity index is 2.83. The summed E-state index contributed by atoms with van der Waals surface area (Å²) in [5.41, 5.74) is 0.951. The zero-order valence-electron chi connectivity index (χ0n) is 4.96.